The lowest BCUT2D eigenvalue weighted by Crippen LogP contribution is -1.99. The normalized spacial score (nSPS) is 12.4. The largest absolute Gasteiger partial charge is 0.399 e. The number of hydrogen-bond acceptors (Lipinski definition) is 1. The van der Waals surface area contributed by atoms with Crippen molar-refractivity contribution < 1.29 is 10.2 Å². The fourth-order valence-corrected chi connectivity index (χ4v) is 3.65. The predicted molar refractivity (Wildman–Crippen MR) is 85.2 cm³/mol. The van der Waals surface area contributed by atoms with Crippen molar-refractivity contribution in [2.24, 2.45) is 0 Å². The topological polar surface area (TPSA) is 66.5 Å². The van der Waals surface area contributed by atoms with E-state index in [-0.39, 0.29) is 0 Å². The van der Waals surface area contributed by atoms with E-state index in [1.807, 2.05) is 24.3 Å². The molecular formula is C15H25NO2S. The van der Waals surface area contributed by atoms with Gasteiger partial charge < -0.3 is 15.9 Å². The van der Waals surface area contributed by atoms with E-state index in [0.29, 0.717) is 5.69 Å². The lowest BCUT2D eigenvalue weighted by atomic mass is 10.1. The van der Waals surface area contributed by atoms with Gasteiger partial charge in [0.1, 0.15) is 0 Å². The first-order valence-electron chi connectivity index (χ1n) is 6.96. The molecule has 1 atom stereocenters. The highest BCUT2D eigenvalue weighted by molar-refractivity contribution is 8.15. The van der Waals surface area contributed by atoms with Crippen molar-refractivity contribution in [3.05, 3.63) is 24.3 Å². The van der Waals surface area contributed by atoms with Gasteiger partial charge in [0.2, 0.25) is 5.24 Å². The van der Waals surface area contributed by atoms with Crippen LogP contribution in [0, 0.1) is 0 Å². The van der Waals surface area contributed by atoms with Crippen LogP contribution < -0.4 is 5.73 Å². The Hall–Kier alpha value is -0.840. The second-order valence-corrected chi connectivity index (χ2v) is 6.74. The molecule has 108 valence electrons. The molecule has 1 aromatic rings. The molecule has 0 saturated heterocycles. The summed E-state index contributed by atoms with van der Waals surface area (Å²) >= 11 is 0. The van der Waals surface area contributed by atoms with E-state index in [9.17, 15) is 10.2 Å². The molecule has 1 unspecified atom stereocenters. The molecule has 0 aliphatic rings. The first-order valence-corrected chi connectivity index (χ1v) is 8.36. The average molecular weight is 283 g/mol. The molecule has 0 aromatic heterocycles. The Morgan fingerprint density at radius 1 is 1.11 bits per heavy atom. The Labute approximate surface area is 118 Å². The highest BCUT2D eigenvalue weighted by Gasteiger charge is 2.05. The standard InChI is InChI=1S/C15H25NO2S/c1-2-3-4-5-6-7-11-19(15(17)18)14-10-8-9-13(16)12-14/h8-10,12,17-18H,2-7,11,16H2,1H3. The monoisotopic (exact) mass is 283 g/mol. The lowest BCUT2D eigenvalue weighted by Gasteiger charge is -2.10. The lowest BCUT2D eigenvalue weighted by molar-refractivity contribution is 0.384. The SMILES string of the molecule is CCCCCCCCS(=C(O)O)c1cccc(N)c1. The third kappa shape index (κ3) is 6.23. The third-order valence-electron chi connectivity index (χ3n) is 3.07. The van der Waals surface area contributed by atoms with Crippen molar-refractivity contribution >= 4 is 21.4 Å². The van der Waals surface area contributed by atoms with Crippen LogP contribution >= 0.6 is 10.5 Å². The van der Waals surface area contributed by atoms with Crippen LogP contribution in [-0.2, 0) is 0 Å². The van der Waals surface area contributed by atoms with E-state index >= 15 is 0 Å². The van der Waals surface area contributed by atoms with Crippen LogP contribution in [0.2, 0.25) is 0 Å². The number of nitrogens with two attached hydrogens (primary N) is 1. The summed E-state index contributed by atoms with van der Waals surface area (Å²) < 4.78 is 0. The minimum absolute atomic E-state index is 0.473. The molecule has 0 radical (unpaired) electrons. The molecule has 4 N–H and O–H groups in total. The van der Waals surface area contributed by atoms with Gasteiger partial charge in [0.05, 0.1) is 0 Å². The second-order valence-electron chi connectivity index (χ2n) is 4.72. The smallest absolute Gasteiger partial charge is 0.209 e. The highest BCUT2D eigenvalue weighted by atomic mass is 32.2. The molecule has 0 heterocycles. The Balaban J connectivity index is 2.49. The molecule has 19 heavy (non-hydrogen) atoms. The maximum absolute atomic E-state index is 9.44. The maximum atomic E-state index is 9.44. The minimum atomic E-state index is -0.609. The van der Waals surface area contributed by atoms with Gasteiger partial charge in [0.15, 0.2) is 0 Å². The van der Waals surface area contributed by atoms with Gasteiger partial charge in [-0.25, -0.2) is 0 Å². The van der Waals surface area contributed by atoms with Gasteiger partial charge in [-0.3, -0.25) is 0 Å². The molecule has 3 nitrogen and oxygen atoms in total. The predicted octanol–water partition coefficient (Wildman–Crippen LogP) is 4.46. The maximum Gasteiger partial charge on any atom is 0.209 e. The van der Waals surface area contributed by atoms with Crippen LogP contribution in [0.4, 0.5) is 5.69 Å². The van der Waals surface area contributed by atoms with Crippen LogP contribution in [0.3, 0.4) is 0 Å². The highest BCUT2D eigenvalue weighted by Crippen LogP contribution is 2.30. The Morgan fingerprint density at radius 2 is 1.79 bits per heavy atom. The number of aliphatic hydroxyl groups excluding tert-OH is 1. The van der Waals surface area contributed by atoms with E-state index in [4.69, 9.17) is 5.73 Å². The second kappa shape index (κ2) is 9.13. The van der Waals surface area contributed by atoms with Crippen LogP contribution in [0.1, 0.15) is 45.4 Å². The molecule has 0 bridgehead atoms. The molecule has 1 rings (SSSR count). The summed E-state index contributed by atoms with van der Waals surface area (Å²) in [5.74, 6) is 0.790. The van der Waals surface area contributed by atoms with Crippen molar-refractivity contribution in [3.8, 4) is 0 Å². The molecule has 0 saturated carbocycles. The van der Waals surface area contributed by atoms with Crippen LogP contribution in [0.15, 0.2) is 29.2 Å². The molecule has 0 fully saturated rings. The van der Waals surface area contributed by atoms with Gasteiger partial charge in [-0.05, 0) is 30.4 Å². The number of anilines is 1. The average Bonchev–Trinajstić information content (AvgIpc) is 2.37. The van der Waals surface area contributed by atoms with Crippen molar-refractivity contribution in [1.82, 2.24) is 0 Å². The molecule has 0 amide bonds. The summed E-state index contributed by atoms with van der Waals surface area (Å²) in [5.41, 5.74) is 6.40. The van der Waals surface area contributed by atoms with Crippen LogP contribution in [-0.4, -0.2) is 21.2 Å². The number of nitrogen functional groups attached to an aromatic ring is 1. The Kier molecular flexibility index (Phi) is 7.79. The minimum Gasteiger partial charge on any atom is -0.399 e. The zero-order valence-corrected chi connectivity index (χ0v) is 12.5. The van der Waals surface area contributed by atoms with Gasteiger partial charge >= 0.3 is 0 Å². The number of aliphatic hydroxyl groups is 2. The number of benzene rings is 1. The Bertz CT molecular complexity index is 414. The molecule has 0 spiro atoms. The third-order valence-corrected chi connectivity index (χ3v) is 5.03. The molecule has 0 aliphatic carbocycles. The van der Waals surface area contributed by atoms with Gasteiger partial charge in [0, 0.05) is 10.6 Å². The number of unbranched alkanes of at least 4 members (excludes halogenated alkanes) is 5. The first kappa shape index (κ1) is 16.2. The van der Waals surface area contributed by atoms with Crippen molar-refractivity contribution in [2.75, 3.05) is 11.5 Å². The summed E-state index contributed by atoms with van der Waals surface area (Å²) in [6.45, 7) is 2.20. The zero-order valence-electron chi connectivity index (χ0n) is 11.6. The van der Waals surface area contributed by atoms with Crippen molar-refractivity contribution in [1.29, 1.82) is 0 Å². The molecule has 0 aliphatic heterocycles. The quantitative estimate of drug-likeness (QED) is 0.375. The van der Waals surface area contributed by atoms with E-state index in [2.05, 4.69) is 6.92 Å². The summed E-state index contributed by atoms with van der Waals surface area (Å²) in [6.07, 6.45) is 7.22. The van der Waals surface area contributed by atoms with Crippen LogP contribution in [0.5, 0.6) is 0 Å². The van der Waals surface area contributed by atoms with Crippen molar-refractivity contribution in [3.63, 3.8) is 0 Å². The summed E-state index contributed by atoms with van der Waals surface area (Å²) in [5, 5.41) is 18.4. The summed E-state index contributed by atoms with van der Waals surface area (Å²) in [7, 11) is -0.609. The van der Waals surface area contributed by atoms with Gasteiger partial charge in [-0.15, -0.1) is 10.5 Å². The Morgan fingerprint density at radius 3 is 2.42 bits per heavy atom. The fraction of sp³-hybridized carbons (Fsp3) is 0.533. The number of rotatable bonds is 8. The van der Waals surface area contributed by atoms with E-state index < -0.39 is 15.7 Å². The number of hydrogen-bond donors (Lipinski definition) is 3. The molecule has 4 heteroatoms. The van der Waals surface area contributed by atoms with E-state index in [1.54, 1.807) is 0 Å². The summed E-state index contributed by atoms with van der Waals surface area (Å²) in [6, 6.07) is 7.40. The van der Waals surface area contributed by atoms with Gasteiger partial charge in [-0.2, -0.15) is 0 Å². The van der Waals surface area contributed by atoms with Gasteiger partial charge in [-0.1, -0.05) is 45.1 Å². The van der Waals surface area contributed by atoms with E-state index in [0.717, 1.165) is 23.5 Å². The van der Waals surface area contributed by atoms with Gasteiger partial charge in [0.25, 0.3) is 0 Å². The van der Waals surface area contributed by atoms with Crippen LogP contribution in [0.25, 0.3) is 0 Å². The fourth-order valence-electron chi connectivity index (χ4n) is 2.01. The molecular weight excluding hydrogens is 258 g/mol. The van der Waals surface area contributed by atoms with E-state index in [1.165, 1.54) is 25.7 Å². The zero-order chi connectivity index (χ0) is 14.1. The first-order chi connectivity index (χ1) is 9.15. The summed E-state index contributed by atoms with van der Waals surface area (Å²) in [4.78, 5) is 0.911. The van der Waals surface area contributed by atoms with Crippen molar-refractivity contribution in [2.45, 2.75) is 50.3 Å². The molecule has 1 aromatic carbocycles.